The highest BCUT2D eigenvalue weighted by molar-refractivity contribution is 5.76. The Hall–Kier alpha value is -2.36. The predicted molar refractivity (Wildman–Crippen MR) is 86.8 cm³/mol. The Bertz CT molecular complexity index is 609. The van der Waals surface area contributed by atoms with Gasteiger partial charge in [0, 0.05) is 24.7 Å². The molecule has 2 rings (SSSR count). The zero-order chi connectivity index (χ0) is 15.8. The van der Waals surface area contributed by atoms with Crippen molar-refractivity contribution in [3.63, 3.8) is 0 Å². The molecule has 1 amide bonds. The summed E-state index contributed by atoms with van der Waals surface area (Å²) in [5, 5.41) is 2.92. The van der Waals surface area contributed by atoms with Crippen LogP contribution in [0, 0.1) is 6.92 Å². The molecule has 0 atom stereocenters. The maximum absolute atomic E-state index is 12.0. The number of carbonyl (C=O) groups excluding carboxylic acids is 1. The van der Waals surface area contributed by atoms with Crippen molar-refractivity contribution in [3.05, 3.63) is 59.3 Å². The molecular weight excluding hydrogens is 276 g/mol. The van der Waals surface area contributed by atoms with E-state index in [4.69, 9.17) is 4.74 Å². The minimum Gasteiger partial charge on any atom is -0.478 e. The first-order valence-electron chi connectivity index (χ1n) is 7.58. The molecule has 0 aliphatic carbocycles. The van der Waals surface area contributed by atoms with E-state index < -0.39 is 0 Å². The summed E-state index contributed by atoms with van der Waals surface area (Å²) in [6.07, 6.45) is 2.92. The Morgan fingerprint density at radius 3 is 2.73 bits per heavy atom. The predicted octanol–water partition coefficient (Wildman–Crippen LogP) is 3.04. The lowest BCUT2D eigenvalue weighted by Crippen LogP contribution is -2.23. The average Bonchev–Trinajstić information content (AvgIpc) is 2.54. The maximum Gasteiger partial charge on any atom is 0.220 e. The SMILES string of the molecule is CCOc1ncccc1CNC(=O)CCc1ccc(C)cc1. The molecule has 0 unspecified atom stereocenters. The number of benzene rings is 1. The molecule has 0 saturated carbocycles. The normalized spacial score (nSPS) is 10.3. The van der Waals surface area contributed by atoms with Gasteiger partial charge in [-0.3, -0.25) is 4.79 Å². The molecule has 116 valence electrons. The van der Waals surface area contributed by atoms with Gasteiger partial charge in [0.25, 0.3) is 0 Å². The average molecular weight is 298 g/mol. The highest BCUT2D eigenvalue weighted by Gasteiger charge is 2.07. The molecule has 4 heteroatoms. The lowest BCUT2D eigenvalue weighted by molar-refractivity contribution is -0.121. The molecule has 0 aliphatic heterocycles. The van der Waals surface area contributed by atoms with E-state index in [1.54, 1.807) is 6.20 Å². The molecule has 1 aromatic carbocycles. The number of amides is 1. The maximum atomic E-state index is 12.0. The number of ether oxygens (including phenoxy) is 1. The third kappa shape index (κ3) is 4.88. The smallest absolute Gasteiger partial charge is 0.220 e. The van der Waals surface area contributed by atoms with Gasteiger partial charge in [-0.25, -0.2) is 4.98 Å². The third-order valence-corrected chi connectivity index (χ3v) is 3.37. The second-order valence-corrected chi connectivity index (χ2v) is 5.16. The fourth-order valence-corrected chi connectivity index (χ4v) is 2.12. The molecule has 22 heavy (non-hydrogen) atoms. The molecule has 0 bridgehead atoms. The van der Waals surface area contributed by atoms with Crippen LogP contribution in [-0.2, 0) is 17.8 Å². The summed E-state index contributed by atoms with van der Waals surface area (Å²) < 4.78 is 5.45. The summed E-state index contributed by atoms with van der Waals surface area (Å²) in [6, 6.07) is 12.0. The van der Waals surface area contributed by atoms with E-state index in [2.05, 4.69) is 41.5 Å². The number of aromatic nitrogens is 1. The van der Waals surface area contributed by atoms with E-state index in [1.807, 2.05) is 19.1 Å². The number of aryl methyl sites for hydroxylation is 2. The molecule has 1 aromatic heterocycles. The zero-order valence-corrected chi connectivity index (χ0v) is 13.1. The van der Waals surface area contributed by atoms with E-state index in [1.165, 1.54) is 11.1 Å². The van der Waals surface area contributed by atoms with Crippen LogP contribution in [0.2, 0.25) is 0 Å². The highest BCUT2D eigenvalue weighted by atomic mass is 16.5. The molecule has 0 radical (unpaired) electrons. The van der Waals surface area contributed by atoms with Crippen molar-refractivity contribution < 1.29 is 9.53 Å². The van der Waals surface area contributed by atoms with Crippen LogP contribution in [0.3, 0.4) is 0 Å². The number of nitrogens with zero attached hydrogens (tertiary/aromatic N) is 1. The summed E-state index contributed by atoms with van der Waals surface area (Å²) in [7, 11) is 0. The minimum atomic E-state index is 0.0341. The van der Waals surface area contributed by atoms with Gasteiger partial charge in [0.1, 0.15) is 0 Å². The van der Waals surface area contributed by atoms with E-state index in [9.17, 15) is 4.79 Å². The van der Waals surface area contributed by atoms with Crippen LogP contribution < -0.4 is 10.1 Å². The fraction of sp³-hybridized carbons (Fsp3) is 0.333. The molecular formula is C18H22N2O2. The van der Waals surface area contributed by atoms with Crippen LogP contribution in [0.5, 0.6) is 5.88 Å². The van der Waals surface area contributed by atoms with Gasteiger partial charge in [0.15, 0.2) is 0 Å². The van der Waals surface area contributed by atoms with Crippen molar-refractivity contribution in [1.29, 1.82) is 0 Å². The topological polar surface area (TPSA) is 51.2 Å². The number of rotatable bonds is 7. The van der Waals surface area contributed by atoms with Crippen molar-refractivity contribution in [2.24, 2.45) is 0 Å². The first kappa shape index (κ1) is 16.0. The van der Waals surface area contributed by atoms with Gasteiger partial charge in [-0.2, -0.15) is 0 Å². The van der Waals surface area contributed by atoms with Crippen molar-refractivity contribution in [2.75, 3.05) is 6.61 Å². The van der Waals surface area contributed by atoms with Crippen LogP contribution in [0.15, 0.2) is 42.6 Å². The molecule has 0 saturated heterocycles. The van der Waals surface area contributed by atoms with Crippen LogP contribution in [0.4, 0.5) is 0 Å². The van der Waals surface area contributed by atoms with Crippen LogP contribution in [0.25, 0.3) is 0 Å². The Kier molecular flexibility index (Phi) is 5.95. The first-order chi connectivity index (χ1) is 10.7. The second-order valence-electron chi connectivity index (χ2n) is 5.16. The van der Waals surface area contributed by atoms with E-state index >= 15 is 0 Å². The van der Waals surface area contributed by atoms with Gasteiger partial charge in [-0.15, -0.1) is 0 Å². The van der Waals surface area contributed by atoms with Crippen LogP contribution in [0.1, 0.15) is 30.0 Å². The first-order valence-corrected chi connectivity index (χ1v) is 7.58. The molecule has 0 spiro atoms. The Balaban J connectivity index is 1.81. The second kappa shape index (κ2) is 8.17. The van der Waals surface area contributed by atoms with Crippen LogP contribution in [-0.4, -0.2) is 17.5 Å². The Morgan fingerprint density at radius 1 is 1.23 bits per heavy atom. The summed E-state index contributed by atoms with van der Waals surface area (Å²) >= 11 is 0. The van der Waals surface area contributed by atoms with Crippen molar-refractivity contribution in [3.8, 4) is 5.88 Å². The summed E-state index contributed by atoms with van der Waals surface area (Å²) in [5.41, 5.74) is 3.30. The van der Waals surface area contributed by atoms with E-state index in [0.717, 1.165) is 12.0 Å². The molecule has 2 aromatic rings. The highest BCUT2D eigenvalue weighted by Crippen LogP contribution is 2.14. The number of pyridine rings is 1. The number of hydrogen-bond donors (Lipinski definition) is 1. The molecule has 0 fully saturated rings. The van der Waals surface area contributed by atoms with Gasteiger partial charge in [0.2, 0.25) is 11.8 Å². The molecule has 1 N–H and O–H groups in total. The summed E-state index contributed by atoms with van der Waals surface area (Å²) in [6.45, 7) is 4.97. The van der Waals surface area contributed by atoms with Crippen molar-refractivity contribution in [1.82, 2.24) is 10.3 Å². The summed E-state index contributed by atoms with van der Waals surface area (Å²) in [5.74, 6) is 0.621. The number of carbonyl (C=O) groups is 1. The van der Waals surface area contributed by atoms with Gasteiger partial charge >= 0.3 is 0 Å². The summed E-state index contributed by atoms with van der Waals surface area (Å²) in [4.78, 5) is 16.1. The number of nitrogens with one attached hydrogen (secondary N) is 1. The zero-order valence-electron chi connectivity index (χ0n) is 13.1. The molecule has 4 nitrogen and oxygen atoms in total. The van der Waals surface area contributed by atoms with Crippen LogP contribution >= 0.6 is 0 Å². The number of hydrogen-bond acceptors (Lipinski definition) is 3. The Labute approximate surface area is 131 Å². The largest absolute Gasteiger partial charge is 0.478 e. The quantitative estimate of drug-likeness (QED) is 0.855. The Morgan fingerprint density at radius 2 is 2.00 bits per heavy atom. The van der Waals surface area contributed by atoms with Gasteiger partial charge in [-0.1, -0.05) is 35.9 Å². The van der Waals surface area contributed by atoms with Crippen molar-refractivity contribution in [2.45, 2.75) is 33.2 Å². The lowest BCUT2D eigenvalue weighted by atomic mass is 10.1. The lowest BCUT2D eigenvalue weighted by Gasteiger charge is -2.10. The standard InChI is InChI=1S/C18H22N2O2/c1-3-22-18-16(5-4-12-19-18)13-20-17(21)11-10-15-8-6-14(2)7-9-15/h4-9,12H,3,10-11,13H2,1-2H3,(H,20,21). The molecule has 0 aliphatic rings. The minimum absolute atomic E-state index is 0.0341. The van der Waals surface area contributed by atoms with Crippen molar-refractivity contribution >= 4 is 5.91 Å². The van der Waals surface area contributed by atoms with E-state index in [0.29, 0.717) is 25.5 Å². The van der Waals surface area contributed by atoms with E-state index in [-0.39, 0.29) is 5.91 Å². The fourth-order valence-electron chi connectivity index (χ4n) is 2.12. The van der Waals surface area contributed by atoms with Gasteiger partial charge < -0.3 is 10.1 Å². The molecule has 1 heterocycles. The van der Waals surface area contributed by atoms with Gasteiger partial charge in [-0.05, 0) is 31.9 Å². The third-order valence-electron chi connectivity index (χ3n) is 3.37. The van der Waals surface area contributed by atoms with Gasteiger partial charge in [0.05, 0.1) is 6.61 Å². The monoisotopic (exact) mass is 298 g/mol.